The number of halogens is 2. The number of carbonyl (C=O) groups excluding carboxylic acids is 1. The molecule has 3 aromatic rings. The summed E-state index contributed by atoms with van der Waals surface area (Å²) in [6.07, 6.45) is 0.845. The van der Waals surface area contributed by atoms with Crippen molar-refractivity contribution in [3.05, 3.63) is 70.3 Å². The van der Waals surface area contributed by atoms with Crippen LogP contribution in [0.2, 0.25) is 0 Å². The number of benzene rings is 2. The van der Waals surface area contributed by atoms with Crippen LogP contribution in [0, 0.1) is 5.82 Å². The van der Waals surface area contributed by atoms with Gasteiger partial charge in [-0.2, -0.15) is 4.98 Å². The summed E-state index contributed by atoms with van der Waals surface area (Å²) < 4.78 is 18.9. The number of aromatic nitrogens is 2. The molecule has 7 heteroatoms. The van der Waals surface area contributed by atoms with Gasteiger partial charge in [0.05, 0.1) is 6.54 Å². The van der Waals surface area contributed by atoms with Crippen LogP contribution in [0.25, 0.3) is 11.4 Å². The zero-order valence-corrected chi connectivity index (χ0v) is 14.8. The zero-order chi connectivity index (χ0) is 17.6. The molecule has 3 rings (SSSR count). The number of amides is 1. The van der Waals surface area contributed by atoms with Gasteiger partial charge in [0.15, 0.2) is 0 Å². The Morgan fingerprint density at radius 1 is 1.20 bits per heavy atom. The fraction of sp³-hybridized carbons (Fsp3) is 0.167. The molecule has 1 heterocycles. The summed E-state index contributed by atoms with van der Waals surface area (Å²) in [4.78, 5) is 16.2. The van der Waals surface area contributed by atoms with Crippen LogP contribution < -0.4 is 5.32 Å². The molecule has 0 saturated heterocycles. The van der Waals surface area contributed by atoms with E-state index in [1.807, 2.05) is 24.3 Å². The smallest absolute Gasteiger partial charge is 0.246 e. The van der Waals surface area contributed by atoms with Crippen LogP contribution in [0.1, 0.15) is 17.9 Å². The van der Waals surface area contributed by atoms with Gasteiger partial charge < -0.3 is 9.84 Å². The number of nitrogens with one attached hydrogen (secondary N) is 1. The lowest BCUT2D eigenvalue weighted by atomic mass is 10.1. The van der Waals surface area contributed by atoms with E-state index >= 15 is 0 Å². The first-order valence-corrected chi connectivity index (χ1v) is 8.49. The molecule has 0 aliphatic carbocycles. The third kappa shape index (κ3) is 4.96. The monoisotopic (exact) mass is 403 g/mol. The van der Waals surface area contributed by atoms with Gasteiger partial charge in [-0.15, -0.1) is 0 Å². The summed E-state index contributed by atoms with van der Waals surface area (Å²) in [7, 11) is 0. The van der Waals surface area contributed by atoms with Crippen LogP contribution in [-0.2, 0) is 17.8 Å². The number of rotatable bonds is 6. The molecule has 0 unspecified atom stereocenters. The van der Waals surface area contributed by atoms with Gasteiger partial charge in [0.1, 0.15) is 5.82 Å². The number of hydrogen-bond donors (Lipinski definition) is 1. The third-order valence-corrected chi connectivity index (χ3v) is 4.03. The Morgan fingerprint density at radius 2 is 2.00 bits per heavy atom. The van der Waals surface area contributed by atoms with Crippen molar-refractivity contribution in [3.63, 3.8) is 0 Å². The minimum absolute atomic E-state index is 0.133. The molecular weight excluding hydrogens is 389 g/mol. The molecule has 128 valence electrons. The summed E-state index contributed by atoms with van der Waals surface area (Å²) >= 11 is 3.39. The Hall–Kier alpha value is -2.54. The first-order chi connectivity index (χ1) is 12.1. The van der Waals surface area contributed by atoms with E-state index < -0.39 is 0 Å². The number of hydrogen-bond acceptors (Lipinski definition) is 4. The summed E-state index contributed by atoms with van der Waals surface area (Å²) in [5.41, 5.74) is 1.73. The maximum absolute atomic E-state index is 12.8. The predicted octanol–water partition coefficient (Wildman–Crippen LogP) is 3.89. The minimum Gasteiger partial charge on any atom is -0.347 e. The van der Waals surface area contributed by atoms with Crippen molar-refractivity contribution in [1.29, 1.82) is 0 Å². The number of aryl methyl sites for hydroxylation is 1. The fourth-order valence-corrected chi connectivity index (χ4v) is 2.64. The van der Waals surface area contributed by atoms with E-state index in [1.165, 1.54) is 12.1 Å². The van der Waals surface area contributed by atoms with Gasteiger partial charge >= 0.3 is 0 Å². The highest BCUT2D eigenvalue weighted by atomic mass is 79.9. The van der Waals surface area contributed by atoms with Crippen LogP contribution in [-0.4, -0.2) is 16.0 Å². The average Bonchev–Trinajstić information content (AvgIpc) is 3.08. The molecule has 2 aromatic carbocycles. The minimum atomic E-state index is -0.286. The average molecular weight is 404 g/mol. The summed E-state index contributed by atoms with van der Waals surface area (Å²) in [5, 5.41) is 6.65. The summed E-state index contributed by atoms with van der Waals surface area (Å²) in [6.45, 7) is 0.170. The summed E-state index contributed by atoms with van der Waals surface area (Å²) in [6, 6.07) is 13.7. The first-order valence-electron chi connectivity index (χ1n) is 7.70. The normalized spacial score (nSPS) is 10.6. The van der Waals surface area contributed by atoms with Crippen molar-refractivity contribution in [3.8, 4) is 11.4 Å². The third-order valence-electron chi connectivity index (χ3n) is 3.54. The standard InChI is InChI=1S/C18H15BrFN3O2/c19-14-3-1-2-13(10-14)18-22-17(25-23-18)11-21-16(24)9-6-12-4-7-15(20)8-5-12/h1-5,7-8,10H,6,9,11H2,(H,21,24). The quantitative estimate of drug-likeness (QED) is 0.677. The van der Waals surface area contributed by atoms with E-state index in [4.69, 9.17) is 4.52 Å². The Balaban J connectivity index is 1.50. The highest BCUT2D eigenvalue weighted by Crippen LogP contribution is 2.20. The van der Waals surface area contributed by atoms with Crippen molar-refractivity contribution in [2.45, 2.75) is 19.4 Å². The Kier molecular flexibility index (Phi) is 5.55. The number of carbonyl (C=O) groups is 1. The van der Waals surface area contributed by atoms with E-state index in [9.17, 15) is 9.18 Å². The Labute approximate surface area is 152 Å². The second kappa shape index (κ2) is 8.02. The molecule has 1 amide bonds. The van der Waals surface area contributed by atoms with E-state index in [0.29, 0.717) is 24.6 Å². The van der Waals surface area contributed by atoms with Crippen molar-refractivity contribution in [1.82, 2.24) is 15.5 Å². The molecule has 1 N–H and O–H groups in total. The summed E-state index contributed by atoms with van der Waals surface area (Å²) in [5.74, 6) is 0.388. The topological polar surface area (TPSA) is 68.0 Å². The second-order valence-corrected chi connectivity index (χ2v) is 6.34. The largest absolute Gasteiger partial charge is 0.347 e. The maximum Gasteiger partial charge on any atom is 0.246 e. The molecule has 5 nitrogen and oxygen atoms in total. The predicted molar refractivity (Wildman–Crippen MR) is 94.0 cm³/mol. The SMILES string of the molecule is O=C(CCc1ccc(F)cc1)NCc1nc(-c2cccc(Br)c2)no1. The second-order valence-electron chi connectivity index (χ2n) is 5.43. The molecule has 0 bridgehead atoms. The van der Waals surface area contributed by atoms with Gasteiger partial charge in [-0.25, -0.2) is 4.39 Å². The van der Waals surface area contributed by atoms with Crippen LogP contribution in [0.3, 0.4) is 0 Å². The van der Waals surface area contributed by atoms with Crippen LogP contribution >= 0.6 is 15.9 Å². The lowest BCUT2D eigenvalue weighted by Crippen LogP contribution is -2.23. The molecule has 1 aromatic heterocycles. The van der Waals surface area contributed by atoms with Gasteiger partial charge in [0.2, 0.25) is 17.6 Å². The van der Waals surface area contributed by atoms with Crippen molar-refractivity contribution >= 4 is 21.8 Å². The van der Waals surface area contributed by atoms with Gasteiger partial charge in [0, 0.05) is 16.5 Å². The molecule has 0 aliphatic rings. The van der Waals surface area contributed by atoms with Gasteiger partial charge in [-0.3, -0.25) is 4.79 Å². The Morgan fingerprint density at radius 3 is 2.76 bits per heavy atom. The molecule has 0 saturated carbocycles. The molecule has 25 heavy (non-hydrogen) atoms. The van der Waals surface area contributed by atoms with Crippen molar-refractivity contribution in [2.24, 2.45) is 0 Å². The van der Waals surface area contributed by atoms with E-state index in [0.717, 1.165) is 15.6 Å². The molecular formula is C18H15BrFN3O2. The maximum atomic E-state index is 12.8. The lowest BCUT2D eigenvalue weighted by Gasteiger charge is -2.03. The van der Waals surface area contributed by atoms with Gasteiger partial charge in [-0.1, -0.05) is 45.4 Å². The highest BCUT2D eigenvalue weighted by molar-refractivity contribution is 9.10. The molecule has 0 atom stereocenters. The van der Waals surface area contributed by atoms with Crippen LogP contribution in [0.4, 0.5) is 4.39 Å². The molecule has 0 radical (unpaired) electrons. The van der Waals surface area contributed by atoms with Crippen LogP contribution in [0.15, 0.2) is 57.5 Å². The van der Waals surface area contributed by atoms with E-state index in [2.05, 4.69) is 31.4 Å². The van der Waals surface area contributed by atoms with Crippen molar-refractivity contribution in [2.75, 3.05) is 0 Å². The number of nitrogens with zero attached hydrogens (tertiary/aromatic N) is 2. The lowest BCUT2D eigenvalue weighted by molar-refractivity contribution is -0.121. The van der Waals surface area contributed by atoms with Crippen LogP contribution in [0.5, 0.6) is 0 Å². The molecule has 0 aliphatic heterocycles. The molecule has 0 spiro atoms. The first kappa shape index (κ1) is 17.3. The van der Waals surface area contributed by atoms with Gasteiger partial charge in [0.25, 0.3) is 0 Å². The Bertz CT molecular complexity index is 865. The fourth-order valence-electron chi connectivity index (χ4n) is 2.24. The van der Waals surface area contributed by atoms with Gasteiger partial charge in [-0.05, 0) is 36.2 Å². The van der Waals surface area contributed by atoms with E-state index in [-0.39, 0.29) is 18.3 Å². The molecule has 0 fully saturated rings. The van der Waals surface area contributed by atoms with Crippen molar-refractivity contribution < 1.29 is 13.7 Å². The highest BCUT2D eigenvalue weighted by Gasteiger charge is 2.10. The zero-order valence-electron chi connectivity index (χ0n) is 13.2. The van der Waals surface area contributed by atoms with E-state index in [1.54, 1.807) is 12.1 Å².